The van der Waals surface area contributed by atoms with Gasteiger partial charge in [-0.15, -0.1) is 0 Å². The van der Waals surface area contributed by atoms with E-state index >= 15 is 0 Å². The SMILES string of the molecule is Nc1cc(N2CCN(CCOP(O)O)CC2)nc(NC[C@H]2CC[C@H](CNCCCNC3CCCCC3)CC2)n1. The molecule has 0 unspecified atom stereocenters. The van der Waals surface area contributed by atoms with Gasteiger partial charge in [0.15, 0.2) is 0 Å². The van der Waals surface area contributed by atoms with E-state index in [1.807, 2.05) is 6.07 Å². The van der Waals surface area contributed by atoms with Crippen molar-refractivity contribution in [3.8, 4) is 0 Å². The molecule has 3 fully saturated rings. The van der Waals surface area contributed by atoms with Crippen LogP contribution in [-0.2, 0) is 4.52 Å². The van der Waals surface area contributed by atoms with E-state index in [0.29, 0.717) is 30.8 Å². The Bertz CT molecular complexity index is 816. The van der Waals surface area contributed by atoms with Crippen LogP contribution in [0.1, 0.15) is 64.2 Å². The number of nitrogens with one attached hydrogen (secondary N) is 3. The van der Waals surface area contributed by atoms with Crippen LogP contribution < -0.4 is 26.6 Å². The third kappa shape index (κ3) is 11.2. The Hall–Kier alpha value is -1.33. The Kier molecular flexibility index (Phi) is 13.2. The van der Waals surface area contributed by atoms with Crippen molar-refractivity contribution in [2.24, 2.45) is 11.8 Å². The fraction of sp³-hybridized carbons (Fsp3) is 0.852. The van der Waals surface area contributed by atoms with Crippen LogP contribution in [0, 0.1) is 11.8 Å². The van der Waals surface area contributed by atoms with Crippen LogP contribution in [0.3, 0.4) is 0 Å². The van der Waals surface area contributed by atoms with Crippen LogP contribution >= 0.6 is 8.60 Å². The van der Waals surface area contributed by atoms with E-state index in [2.05, 4.69) is 30.7 Å². The summed E-state index contributed by atoms with van der Waals surface area (Å²) in [5.41, 5.74) is 6.13. The highest BCUT2D eigenvalue weighted by Gasteiger charge is 2.22. The van der Waals surface area contributed by atoms with Gasteiger partial charge in [-0.05, 0) is 76.4 Å². The number of hydrogen-bond acceptors (Lipinski definition) is 11. The quantitative estimate of drug-likeness (QED) is 0.138. The lowest BCUT2D eigenvalue weighted by molar-refractivity contribution is 0.184. The fourth-order valence-corrected chi connectivity index (χ4v) is 6.40. The number of nitrogen functional groups attached to an aromatic ring is 1. The van der Waals surface area contributed by atoms with Gasteiger partial charge in [0.1, 0.15) is 11.6 Å². The number of rotatable bonds is 15. The van der Waals surface area contributed by atoms with Crippen LogP contribution in [0.25, 0.3) is 0 Å². The predicted molar refractivity (Wildman–Crippen MR) is 159 cm³/mol. The molecule has 0 bridgehead atoms. The minimum absolute atomic E-state index is 0.323. The van der Waals surface area contributed by atoms with Gasteiger partial charge in [-0.3, -0.25) is 4.90 Å². The molecule has 1 saturated heterocycles. The van der Waals surface area contributed by atoms with Crippen molar-refractivity contribution in [2.75, 3.05) is 81.5 Å². The predicted octanol–water partition coefficient (Wildman–Crippen LogP) is 2.53. The van der Waals surface area contributed by atoms with Crippen molar-refractivity contribution in [3.05, 3.63) is 6.07 Å². The first kappa shape index (κ1) is 30.6. The monoisotopic (exact) mass is 566 g/mol. The zero-order valence-corrected chi connectivity index (χ0v) is 24.5. The zero-order chi connectivity index (χ0) is 27.3. The van der Waals surface area contributed by atoms with Crippen LogP contribution in [0.2, 0.25) is 0 Å². The van der Waals surface area contributed by atoms with Gasteiger partial charge < -0.3 is 40.9 Å². The Labute approximate surface area is 235 Å². The smallest absolute Gasteiger partial charge is 0.327 e. The summed E-state index contributed by atoms with van der Waals surface area (Å²) in [7, 11) is -2.28. The molecule has 1 aromatic rings. The molecule has 0 atom stereocenters. The van der Waals surface area contributed by atoms with E-state index in [0.717, 1.165) is 70.1 Å². The third-order valence-electron chi connectivity index (χ3n) is 8.56. The molecule has 0 amide bonds. The summed E-state index contributed by atoms with van der Waals surface area (Å²) in [5.74, 6) is 3.41. The lowest BCUT2D eigenvalue weighted by Crippen LogP contribution is -2.47. The summed E-state index contributed by atoms with van der Waals surface area (Å²) < 4.78 is 4.89. The molecule has 0 spiro atoms. The molecule has 2 heterocycles. The molecule has 4 rings (SSSR count). The Morgan fingerprint density at radius 2 is 1.64 bits per heavy atom. The largest absolute Gasteiger partial charge is 0.383 e. The minimum Gasteiger partial charge on any atom is -0.383 e. The molecule has 0 aromatic carbocycles. The summed E-state index contributed by atoms with van der Waals surface area (Å²) >= 11 is 0. The lowest BCUT2D eigenvalue weighted by atomic mass is 9.82. The van der Waals surface area contributed by atoms with E-state index in [4.69, 9.17) is 25.0 Å². The summed E-state index contributed by atoms with van der Waals surface area (Å²) in [6.45, 7) is 8.70. The molecule has 0 radical (unpaired) electrons. The zero-order valence-electron chi connectivity index (χ0n) is 23.6. The molecule has 7 N–H and O–H groups in total. The summed E-state index contributed by atoms with van der Waals surface area (Å²) in [6.07, 6.45) is 13.3. The summed E-state index contributed by atoms with van der Waals surface area (Å²) in [5, 5.41) is 10.9. The van der Waals surface area contributed by atoms with Crippen LogP contribution in [-0.4, -0.2) is 96.2 Å². The average molecular weight is 567 g/mol. The normalized spacial score (nSPS) is 23.4. The number of hydrogen-bond donors (Lipinski definition) is 6. The van der Waals surface area contributed by atoms with E-state index in [9.17, 15) is 0 Å². The first-order chi connectivity index (χ1) is 19.0. The molecule has 2 saturated carbocycles. The second-order valence-electron chi connectivity index (χ2n) is 11.5. The highest BCUT2D eigenvalue weighted by atomic mass is 31.2. The van der Waals surface area contributed by atoms with Gasteiger partial charge in [0, 0.05) is 51.4 Å². The number of nitrogens with zero attached hydrogens (tertiary/aromatic N) is 4. The standard InChI is InChI=1S/C27H51N8O3P/c28-25-19-26(35-15-13-34(14-16-35)17-18-38-39(36)37)33-27(32-25)31-21-23-9-7-22(8-10-23)20-29-11-4-12-30-24-5-2-1-3-6-24/h19,22-24,29-30,36-37H,1-18,20-21H2,(H3,28,31,32,33)/t22-,23-. The molecule has 222 valence electrons. The molecular formula is C27H51N8O3P. The van der Waals surface area contributed by atoms with E-state index < -0.39 is 8.60 Å². The number of aromatic nitrogens is 2. The maximum Gasteiger partial charge on any atom is 0.327 e. The molecule has 1 aliphatic heterocycles. The first-order valence-electron chi connectivity index (χ1n) is 15.2. The van der Waals surface area contributed by atoms with Gasteiger partial charge >= 0.3 is 8.60 Å². The van der Waals surface area contributed by atoms with E-state index in [1.54, 1.807) is 0 Å². The minimum atomic E-state index is -2.28. The van der Waals surface area contributed by atoms with Crippen molar-refractivity contribution in [2.45, 2.75) is 70.3 Å². The molecule has 12 heteroatoms. The topological polar surface area (TPSA) is 144 Å². The van der Waals surface area contributed by atoms with Gasteiger partial charge in [0.05, 0.1) is 6.61 Å². The molecule has 11 nitrogen and oxygen atoms in total. The maximum atomic E-state index is 8.89. The number of piperazine rings is 1. The number of anilines is 3. The fourth-order valence-electron chi connectivity index (χ4n) is 6.15. The van der Waals surface area contributed by atoms with Crippen molar-refractivity contribution in [3.63, 3.8) is 0 Å². The van der Waals surface area contributed by atoms with E-state index in [-0.39, 0.29) is 0 Å². The Morgan fingerprint density at radius 3 is 2.36 bits per heavy atom. The van der Waals surface area contributed by atoms with Crippen LogP contribution in [0.15, 0.2) is 6.07 Å². The van der Waals surface area contributed by atoms with Gasteiger partial charge in [0.2, 0.25) is 5.95 Å². The molecule has 39 heavy (non-hydrogen) atoms. The second kappa shape index (κ2) is 16.8. The van der Waals surface area contributed by atoms with Gasteiger partial charge in [-0.1, -0.05) is 19.3 Å². The summed E-state index contributed by atoms with van der Waals surface area (Å²) in [4.78, 5) is 31.5. The van der Waals surface area contributed by atoms with Crippen LogP contribution in [0.4, 0.5) is 17.6 Å². The van der Waals surface area contributed by atoms with Crippen molar-refractivity contribution in [1.82, 2.24) is 25.5 Å². The average Bonchev–Trinajstić information content (AvgIpc) is 2.95. The third-order valence-corrected chi connectivity index (χ3v) is 8.97. The van der Waals surface area contributed by atoms with Crippen molar-refractivity contribution < 1.29 is 14.3 Å². The lowest BCUT2D eigenvalue weighted by Gasteiger charge is -2.35. The number of nitrogens with two attached hydrogens (primary N) is 1. The van der Waals surface area contributed by atoms with Crippen molar-refractivity contribution in [1.29, 1.82) is 0 Å². The molecule has 3 aliphatic rings. The van der Waals surface area contributed by atoms with Gasteiger partial charge in [0.25, 0.3) is 0 Å². The first-order valence-corrected chi connectivity index (χ1v) is 16.3. The van der Waals surface area contributed by atoms with Crippen molar-refractivity contribution >= 4 is 26.2 Å². The Morgan fingerprint density at radius 1 is 0.923 bits per heavy atom. The maximum absolute atomic E-state index is 8.89. The molecule has 2 aliphatic carbocycles. The highest BCUT2D eigenvalue weighted by molar-refractivity contribution is 7.39. The van der Waals surface area contributed by atoms with Gasteiger partial charge in [-0.25, -0.2) is 0 Å². The summed E-state index contributed by atoms with van der Waals surface area (Å²) in [6, 6.07) is 2.61. The second-order valence-corrected chi connectivity index (χ2v) is 12.3. The molecular weight excluding hydrogens is 515 g/mol. The Balaban J connectivity index is 1.08. The van der Waals surface area contributed by atoms with Crippen LogP contribution in [0.5, 0.6) is 0 Å². The van der Waals surface area contributed by atoms with E-state index in [1.165, 1.54) is 64.2 Å². The highest BCUT2D eigenvalue weighted by Crippen LogP contribution is 2.29. The van der Waals surface area contributed by atoms with Gasteiger partial charge in [-0.2, -0.15) is 9.97 Å². The molecule has 1 aromatic heterocycles.